The number of likely N-dealkylation sites (tertiary alicyclic amines) is 2. The lowest BCUT2D eigenvalue weighted by molar-refractivity contribution is -0.130. The van der Waals surface area contributed by atoms with E-state index < -0.39 is 0 Å². The lowest BCUT2D eigenvalue weighted by Gasteiger charge is -2.33. The van der Waals surface area contributed by atoms with Gasteiger partial charge in [-0.05, 0) is 44.4 Å². The molecule has 2 aromatic rings. The summed E-state index contributed by atoms with van der Waals surface area (Å²) >= 11 is 0. The molecule has 1 amide bonds. The predicted molar refractivity (Wildman–Crippen MR) is 101 cm³/mol. The van der Waals surface area contributed by atoms with E-state index in [2.05, 4.69) is 20.9 Å². The van der Waals surface area contributed by atoms with Crippen molar-refractivity contribution >= 4 is 16.9 Å². The third-order valence-electron chi connectivity index (χ3n) is 5.83. The summed E-state index contributed by atoms with van der Waals surface area (Å²) in [4.78, 5) is 24.4. The number of nitrogens with zero attached hydrogens (tertiary/aromatic N) is 3. The normalized spacial score (nSPS) is 24.9. The fraction of sp³-hybridized carbons (Fsp3) is 0.600. The predicted octanol–water partition coefficient (Wildman–Crippen LogP) is 2.25. The molecule has 6 heteroatoms. The molecule has 0 aliphatic carbocycles. The van der Waals surface area contributed by atoms with Gasteiger partial charge in [0, 0.05) is 56.5 Å². The summed E-state index contributed by atoms with van der Waals surface area (Å²) in [7, 11) is 0. The highest BCUT2D eigenvalue weighted by Crippen LogP contribution is 2.33. The topological polar surface area (TPSA) is 72.5 Å². The van der Waals surface area contributed by atoms with E-state index in [0.29, 0.717) is 5.92 Å². The Morgan fingerprint density at radius 1 is 1.31 bits per heavy atom. The Balaban J connectivity index is 1.66. The number of aromatic amines is 1. The molecule has 2 aliphatic heterocycles. The molecule has 4 heterocycles. The number of piperidine rings is 2. The second-order valence-electron chi connectivity index (χ2n) is 7.75. The van der Waals surface area contributed by atoms with Crippen molar-refractivity contribution < 1.29 is 9.90 Å². The van der Waals surface area contributed by atoms with Gasteiger partial charge in [-0.3, -0.25) is 14.7 Å². The van der Waals surface area contributed by atoms with Crippen LogP contribution in [0.15, 0.2) is 18.3 Å². The summed E-state index contributed by atoms with van der Waals surface area (Å²) in [6.07, 6.45) is 5.67. The molecule has 0 saturated carbocycles. The SMILES string of the molecule is CC(=O)N1CCC[C@@H](c2[nH]c3cccnc3c2CN2CCC[C@@H](O)C2)C1. The molecule has 140 valence electrons. The largest absolute Gasteiger partial charge is 0.392 e. The van der Waals surface area contributed by atoms with Crippen LogP contribution >= 0.6 is 0 Å². The molecule has 2 saturated heterocycles. The molecule has 26 heavy (non-hydrogen) atoms. The number of aromatic nitrogens is 2. The average molecular weight is 356 g/mol. The molecule has 2 atom stereocenters. The van der Waals surface area contributed by atoms with E-state index in [1.807, 2.05) is 17.2 Å². The van der Waals surface area contributed by atoms with Gasteiger partial charge < -0.3 is 15.0 Å². The molecule has 2 N–H and O–H groups in total. The van der Waals surface area contributed by atoms with Crippen molar-refractivity contribution in [1.82, 2.24) is 19.8 Å². The number of fused-ring (bicyclic) bond motifs is 1. The van der Waals surface area contributed by atoms with Crippen LogP contribution in [0.2, 0.25) is 0 Å². The van der Waals surface area contributed by atoms with Gasteiger partial charge in [0.1, 0.15) is 0 Å². The van der Waals surface area contributed by atoms with E-state index in [-0.39, 0.29) is 12.0 Å². The summed E-state index contributed by atoms with van der Waals surface area (Å²) in [5.41, 5.74) is 4.56. The number of aliphatic hydroxyl groups is 1. The zero-order valence-corrected chi connectivity index (χ0v) is 15.4. The Hall–Kier alpha value is -1.92. The van der Waals surface area contributed by atoms with Gasteiger partial charge in [-0.25, -0.2) is 0 Å². The average Bonchev–Trinajstić information content (AvgIpc) is 3.00. The molecule has 6 nitrogen and oxygen atoms in total. The van der Waals surface area contributed by atoms with Crippen LogP contribution in [0, 0.1) is 0 Å². The monoisotopic (exact) mass is 356 g/mol. The van der Waals surface area contributed by atoms with Crippen LogP contribution in [0.3, 0.4) is 0 Å². The summed E-state index contributed by atoms with van der Waals surface area (Å²) in [5, 5.41) is 10.0. The molecule has 2 fully saturated rings. The van der Waals surface area contributed by atoms with Crippen LogP contribution in [0.1, 0.15) is 49.8 Å². The number of aliphatic hydroxyl groups excluding tert-OH is 1. The van der Waals surface area contributed by atoms with Crippen LogP contribution in [-0.4, -0.2) is 63.1 Å². The Bertz CT molecular complexity index is 787. The molecular formula is C20H28N4O2. The molecule has 0 spiro atoms. The zero-order chi connectivity index (χ0) is 18.1. The minimum absolute atomic E-state index is 0.157. The molecule has 0 unspecified atom stereocenters. The second kappa shape index (κ2) is 7.37. The van der Waals surface area contributed by atoms with Crippen molar-refractivity contribution in [2.75, 3.05) is 26.2 Å². The van der Waals surface area contributed by atoms with Crippen LogP contribution < -0.4 is 0 Å². The van der Waals surface area contributed by atoms with Crippen molar-refractivity contribution in [2.45, 2.75) is 51.2 Å². The van der Waals surface area contributed by atoms with Gasteiger partial charge in [0.05, 0.1) is 17.1 Å². The molecule has 0 radical (unpaired) electrons. The molecule has 4 rings (SSSR count). The first kappa shape index (κ1) is 17.5. The lowest BCUT2D eigenvalue weighted by Crippen LogP contribution is -2.39. The highest BCUT2D eigenvalue weighted by atomic mass is 16.3. The quantitative estimate of drug-likeness (QED) is 0.885. The summed E-state index contributed by atoms with van der Waals surface area (Å²) in [6.45, 7) is 5.84. The second-order valence-corrected chi connectivity index (χ2v) is 7.75. The highest BCUT2D eigenvalue weighted by Gasteiger charge is 2.28. The van der Waals surface area contributed by atoms with Gasteiger partial charge in [-0.2, -0.15) is 0 Å². The molecule has 0 bridgehead atoms. The first-order valence-corrected chi connectivity index (χ1v) is 9.73. The van der Waals surface area contributed by atoms with Crippen LogP contribution in [0.5, 0.6) is 0 Å². The van der Waals surface area contributed by atoms with Gasteiger partial charge in [0.2, 0.25) is 5.91 Å². The Morgan fingerprint density at radius 2 is 2.15 bits per heavy atom. The number of pyridine rings is 1. The van der Waals surface area contributed by atoms with E-state index in [1.165, 1.54) is 11.3 Å². The number of β-amino-alcohol motifs (C(OH)–C–C–N with tert-alkyl or cyclic N) is 1. The van der Waals surface area contributed by atoms with Crippen LogP contribution in [-0.2, 0) is 11.3 Å². The third kappa shape index (κ3) is 3.48. The molecule has 2 aliphatic rings. The smallest absolute Gasteiger partial charge is 0.219 e. The third-order valence-corrected chi connectivity index (χ3v) is 5.83. The summed E-state index contributed by atoms with van der Waals surface area (Å²) in [5.74, 6) is 0.483. The Kier molecular flexibility index (Phi) is 4.96. The van der Waals surface area contributed by atoms with E-state index in [4.69, 9.17) is 0 Å². The van der Waals surface area contributed by atoms with Crippen molar-refractivity contribution in [1.29, 1.82) is 0 Å². The van der Waals surface area contributed by atoms with Gasteiger partial charge in [0.25, 0.3) is 0 Å². The zero-order valence-electron chi connectivity index (χ0n) is 15.4. The number of hydrogen-bond acceptors (Lipinski definition) is 4. The maximum atomic E-state index is 11.9. The van der Waals surface area contributed by atoms with Crippen molar-refractivity contribution in [3.63, 3.8) is 0 Å². The fourth-order valence-corrected chi connectivity index (χ4v) is 4.50. The van der Waals surface area contributed by atoms with Crippen molar-refractivity contribution in [3.8, 4) is 0 Å². The van der Waals surface area contributed by atoms with Gasteiger partial charge in [-0.1, -0.05) is 0 Å². The van der Waals surface area contributed by atoms with E-state index >= 15 is 0 Å². The number of carbonyl (C=O) groups is 1. The van der Waals surface area contributed by atoms with Gasteiger partial charge in [-0.15, -0.1) is 0 Å². The first-order chi connectivity index (χ1) is 12.6. The number of carbonyl (C=O) groups excluding carboxylic acids is 1. The number of amides is 1. The molecule has 2 aromatic heterocycles. The standard InChI is InChI=1S/C20H28N4O2/c1-14(25)24-10-3-5-15(11-24)19-17(13-23-9-4-6-16(26)12-23)20-18(22-19)7-2-8-21-20/h2,7-8,15-16,22,26H,3-6,9-13H2,1H3/t15-,16-/m1/s1. The van der Waals surface area contributed by atoms with Crippen molar-refractivity contribution in [2.24, 2.45) is 0 Å². The fourth-order valence-electron chi connectivity index (χ4n) is 4.50. The summed E-state index contributed by atoms with van der Waals surface area (Å²) in [6, 6.07) is 4.03. The highest BCUT2D eigenvalue weighted by molar-refractivity contribution is 5.80. The number of hydrogen-bond donors (Lipinski definition) is 2. The maximum Gasteiger partial charge on any atom is 0.219 e. The van der Waals surface area contributed by atoms with Crippen molar-refractivity contribution in [3.05, 3.63) is 29.6 Å². The Labute approximate surface area is 154 Å². The number of nitrogens with one attached hydrogen (secondary N) is 1. The molecule has 0 aromatic carbocycles. The van der Waals surface area contributed by atoms with E-state index in [0.717, 1.165) is 69.4 Å². The number of H-pyrrole nitrogens is 1. The van der Waals surface area contributed by atoms with Crippen LogP contribution in [0.25, 0.3) is 11.0 Å². The van der Waals surface area contributed by atoms with E-state index in [1.54, 1.807) is 6.92 Å². The Morgan fingerprint density at radius 3 is 2.96 bits per heavy atom. The van der Waals surface area contributed by atoms with Gasteiger partial charge in [0.15, 0.2) is 0 Å². The summed E-state index contributed by atoms with van der Waals surface area (Å²) < 4.78 is 0. The molecular weight excluding hydrogens is 328 g/mol. The van der Waals surface area contributed by atoms with Crippen LogP contribution in [0.4, 0.5) is 0 Å². The van der Waals surface area contributed by atoms with Gasteiger partial charge >= 0.3 is 0 Å². The first-order valence-electron chi connectivity index (χ1n) is 9.73. The number of rotatable bonds is 3. The van der Waals surface area contributed by atoms with E-state index in [9.17, 15) is 9.90 Å². The minimum Gasteiger partial charge on any atom is -0.392 e. The minimum atomic E-state index is -0.228. The lowest BCUT2D eigenvalue weighted by atomic mass is 9.92. The maximum absolute atomic E-state index is 11.9.